The van der Waals surface area contributed by atoms with E-state index in [0.717, 1.165) is 7.11 Å². The monoisotopic (exact) mass is 266 g/mol. The van der Waals surface area contributed by atoms with E-state index >= 15 is 0 Å². The molecule has 0 aliphatic carbocycles. The summed E-state index contributed by atoms with van der Waals surface area (Å²) in [6, 6.07) is 0.416. The topological polar surface area (TPSA) is 91.6 Å². The lowest BCUT2D eigenvalue weighted by Crippen LogP contribution is -2.18. The van der Waals surface area contributed by atoms with Crippen LogP contribution in [0.4, 0.5) is 19.0 Å². The number of halogens is 3. The summed E-state index contributed by atoms with van der Waals surface area (Å²) in [5.41, 5.74) is -0.661. The molecule has 0 saturated carbocycles. The van der Waals surface area contributed by atoms with Crippen LogP contribution in [0, 0.1) is 10.1 Å². The van der Waals surface area contributed by atoms with Gasteiger partial charge in [0.05, 0.1) is 13.2 Å². The van der Waals surface area contributed by atoms with Crippen molar-refractivity contribution < 1.29 is 32.4 Å². The van der Waals surface area contributed by atoms with E-state index in [-0.39, 0.29) is 6.29 Å². The van der Waals surface area contributed by atoms with E-state index in [0.29, 0.717) is 6.07 Å². The van der Waals surface area contributed by atoms with E-state index in [1.54, 1.807) is 0 Å². The third kappa shape index (κ3) is 3.06. The number of carbonyl (C=O) groups is 1. The highest BCUT2D eigenvalue weighted by atomic mass is 19.4. The summed E-state index contributed by atoms with van der Waals surface area (Å²) in [4.78, 5) is 23.2. The van der Waals surface area contributed by atoms with Crippen molar-refractivity contribution in [2.24, 2.45) is 0 Å². The van der Waals surface area contributed by atoms with Crippen LogP contribution in [0.2, 0.25) is 0 Å². The van der Waals surface area contributed by atoms with Crippen molar-refractivity contribution >= 4 is 12.1 Å². The van der Waals surface area contributed by atoms with Gasteiger partial charge in [-0.1, -0.05) is 0 Å². The molecule has 1 aromatic rings. The zero-order chi connectivity index (χ0) is 13.9. The minimum absolute atomic E-state index is 0.0229. The van der Waals surface area contributed by atoms with E-state index in [1.165, 1.54) is 0 Å². The standard InChI is InChI=1S/C8H5F3N2O5/c1-17-7-4(3-14)12-6(13(15)16)2-5(7)18-8(9,10)11/h2-3H,1H3. The van der Waals surface area contributed by atoms with Gasteiger partial charge >= 0.3 is 12.2 Å². The highest BCUT2D eigenvalue weighted by Crippen LogP contribution is 2.35. The Morgan fingerprint density at radius 2 is 2.11 bits per heavy atom. The third-order valence-corrected chi connectivity index (χ3v) is 1.68. The molecule has 0 radical (unpaired) electrons. The molecule has 0 aromatic carbocycles. The number of nitro groups is 1. The van der Waals surface area contributed by atoms with E-state index in [1.807, 2.05) is 0 Å². The van der Waals surface area contributed by atoms with Gasteiger partial charge in [-0.2, -0.15) is 0 Å². The predicted molar refractivity (Wildman–Crippen MR) is 49.5 cm³/mol. The number of aldehydes is 1. The van der Waals surface area contributed by atoms with Crippen LogP contribution in [0.25, 0.3) is 0 Å². The van der Waals surface area contributed by atoms with Crippen LogP contribution in [-0.2, 0) is 0 Å². The van der Waals surface area contributed by atoms with Crippen LogP contribution in [-0.4, -0.2) is 29.7 Å². The summed E-state index contributed by atoms with van der Waals surface area (Å²) in [6.45, 7) is 0. The Kier molecular flexibility index (Phi) is 3.69. The average molecular weight is 266 g/mol. The molecule has 0 amide bonds. The van der Waals surface area contributed by atoms with E-state index in [4.69, 9.17) is 0 Å². The molecule has 18 heavy (non-hydrogen) atoms. The second kappa shape index (κ2) is 4.85. The van der Waals surface area contributed by atoms with Crippen molar-refractivity contribution in [3.63, 3.8) is 0 Å². The summed E-state index contributed by atoms with van der Waals surface area (Å²) in [5, 5.41) is 10.4. The van der Waals surface area contributed by atoms with Crippen molar-refractivity contribution in [1.29, 1.82) is 0 Å². The van der Waals surface area contributed by atoms with E-state index < -0.39 is 34.3 Å². The number of methoxy groups -OCH3 is 1. The fraction of sp³-hybridized carbons (Fsp3) is 0.250. The molecule has 0 N–H and O–H groups in total. The summed E-state index contributed by atoms with van der Waals surface area (Å²) < 4.78 is 44.2. The number of alkyl halides is 3. The molecule has 0 aliphatic rings. The van der Waals surface area contributed by atoms with Gasteiger partial charge in [-0.25, -0.2) is 0 Å². The number of hydrogen-bond donors (Lipinski definition) is 0. The molecule has 0 saturated heterocycles. The fourth-order valence-electron chi connectivity index (χ4n) is 1.09. The van der Waals surface area contributed by atoms with E-state index in [2.05, 4.69) is 14.5 Å². The molecule has 10 heteroatoms. The number of aromatic nitrogens is 1. The maximum Gasteiger partial charge on any atom is 0.573 e. The first-order chi connectivity index (χ1) is 8.28. The van der Waals surface area contributed by atoms with Crippen LogP contribution in [0.5, 0.6) is 11.5 Å². The van der Waals surface area contributed by atoms with Gasteiger partial charge in [0.25, 0.3) is 5.69 Å². The zero-order valence-electron chi connectivity index (χ0n) is 8.72. The molecule has 0 unspecified atom stereocenters. The Morgan fingerprint density at radius 1 is 1.50 bits per heavy atom. The molecule has 0 aliphatic heterocycles. The first kappa shape index (κ1) is 13.7. The van der Waals surface area contributed by atoms with Gasteiger partial charge in [0.1, 0.15) is 0 Å². The first-order valence-electron chi connectivity index (χ1n) is 4.23. The molecular formula is C8H5F3N2O5. The van der Waals surface area contributed by atoms with Crippen LogP contribution in [0.1, 0.15) is 10.5 Å². The highest BCUT2D eigenvalue weighted by molar-refractivity contribution is 5.79. The first-order valence-corrected chi connectivity index (χ1v) is 4.23. The third-order valence-electron chi connectivity index (χ3n) is 1.68. The Bertz CT molecular complexity index is 488. The van der Waals surface area contributed by atoms with Gasteiger partial charge in [-0.15, -0.1) is 13.2 Å². The molecule has 7 nitrogen and oxygen atoms in total. The quantitative estimate of drug-likeness (QED) is 0.468. The lowest BCUT2D eigenvalue weighted by molar-refractivity contribution is -0.389. The molecule has 0 bridgehead atoms. The molecule has 0 fully saturated rings. The molecular weight excluding hydrogens is 261 g/mol. The van der Waals surface area contributed by atoms with Crippen molar-refractivity contribution in [2.75, 3.05) is 7.11 Å². The highest BCUT2D eigenvalue weighted by Gasteiger charge is 2.35. The fourth-order valence-corrected chi connectivity index (χ4v) is 1.09. The number of rotatable bonds is 4. The van der Waals surface area contributed by atoms with Crippen molar-refractivity contribution in [1.82, 2.24) is 4.98 Å². The SMILES string of the molecule is COc1c(OC(F)(F)F)cc([N+](=O)[O-])nc1C=O. The molecule has 0 atom stereocenters. The van der Waals surface area contributed by atoms with Crippen LogP contribution < -0.4 is 9.47 Å². The molecule has 1 heterocycles. The number of hydrogen-bond acceptors (Lipinski definition) is 6. The van der Waals surface area contributed by atoms with Crippen molar-refractivity contribution in [3.8, 4) is 11.5 Å². The summed E-state index contributed by atoms with van der Waals surface area (Å²) in [6.07, 6.45) is -5.06. The van der Waals surface area contributed by atoms with Crippen molar-refractivity contribution in [3.05, 3.63) is 21.9 Å². The average Bonchev–Trinajstić information content (AvgIpc) is 2.25. The van der Waals surface area contributed by atoms with Gasteiger partial charge < -0.3 is 19.6 Å². The number of carbonyl (C=O) groups excluding carboxylic acids is 1. The van der Waals surface area contributed by atoms with Gasteiger partial charge in [0.2, 0.25) is 5.75 Å². The van der Waals surface area contributed by atoms with Crippen LogP contribution >= 0.6 is 0 Å². The van der Waals surface area contributed by atoms with Crippen molar-refractivity contribution in [2.45, 2.75) is 6.36 Å². The number of nitrogens with zero attached hydrogens (tertiary/aromatic N) is 2. The molecule has 98 valence electrons. The Hall–Kier alpha value is -2.39. The van der Waals surface area contributed by atoms with E-state index in [9.17, 15) is 28.1 Å². The smallest absolute Gasteiger partial charge is 0.489 e. The van der Waals surface area contributed by atoms with Crippen LogP contribution in [0.15, 0.2) is 6.07 Å². The maximum absolute atomic E-state index is 12.1. The van der Waals surface area contributed by atoms with Crippen LogP contribution in [0.3, 0.4) is 0 Å². The summed E-state index contributed by atoms with van der Waals surface area (Å²) in [7, 11) is 0.971. The van der Waals surface area contributed by atoms with Gasteiger partial charge in [-0.05, 0) is 9.91 Å². The molecule has 1 aromatic heterocycles. The predicted octanol–water partition coefficient (Wildman–Crippen LogP) is 1.71. The zero-order valence-corrected chi connectivity index (χ0v) is 8.72. The normalized spacial score (nSPS) is 10.9. The second-order valence-corrected chi connectivity index (χ2v) is 2.82. The van der Waals surface area contributed by atoms with Gasteiger partial charge in [0.15, 0.2) is 12.0 Å². The molecule has 0 spiro atoms. The number of pyridine rings is 1. The van der Waals surface area contributed by atoms with Gasteiger partial charge in [0, 0.05) is 0 Å². The molecule has 1 rings (SSSR count). The second-order valence-electron chi connectivity index (χ2n) is 2.82. The Labute approximate surface area is 97.3 Å². The Morgan fingerprint density at radius 3 is 2.50 bits per heavy atom. The lowest BCUT2D eigenvalue weighted by Gasteiger charge is -2.11. The summed E-state index contributed by atoms with van der Waals surface area (Å²) in [5.74, 6) is -2.60. The largest absolute Gasteiger partial charge is 0.573 e. The number of ether oxygens (including phenoxy) is 2. The maximum atomic E-state index is 12.1. The summed E-state index contributed by atoms with van der Waals surface area (Å²) >= 11 is 0. The Balaban J connectivity index is 3.40. The van der Waals surface area contributed by atoms with Gasteiger partial charge in [-0.3, -0.25) is 4.79 Å². The minimum Gasteiger partial charge on any atom is -0.489 e. The minimum atomic E-state index is -5.08. The lowest BCUT2D eigenvalue weighted by atomic mass is 10.3.